The number of esters is 1. The van der Waals surface area contributed by atoms with Gasteiger partial charge in [0.1, 0.15) is 0 Å². The van der Waals surface area contributed by atoms with Crippen LogP contribution in [0.5, 0.6) is 0 Å². The summed E-state index contributed by atoms with van der Waals surface area (Å²) in [5.74, 6) is -0.293. The van der Waals surface area contributed by atoms with Gasteiger partial charge in [0.15, 0.2) is 0 Å². The van der Waals surface area contributed by atoms with Crippen molar-refractivity contribution in [2.24, 2.45) is 7.05 Å². The fourth-order valence-electron chi connectivity index (χ4n) is 1.34. The standard InChI is InChI=1S/C12H19N3O2/c1-3-17-12(16)5-4-8-13-9-6-11-7-10-15(2)14-11/h4-5,7,10,13H,3,6,8-9H2,1-2H3/b5-4+. The molecule has 0 spiro atoms. The van der Waals surface area contributed by atoms with E-state index in [0.29, 0.717) is 13.2 Å². The average molecular weight is 237 g/mol. The summed E-state index contributed by atoms with van der Waals surface area (Å²) < 4.78 is 6.54. The first kappa shape index (κ1) is 13.4. The summed E-state index contributed by atoms with van der Waals surface area (Å²) in [6, 6.07) is 2.00. The zero-order valence-electron chi connectivity index (χ0n) is 10.3. The maximum absolute atomic E-state index is 11.0. The molecule has 0 aliphatic heterocycles. The number of hydrogen-bond donors (Lipinski definition) is 1. The van der Waals surface area contributed by atoms with Gasteiger partial charge >= 0.3 is 5.97 Å². The molecular weight excluding hydrogens is 218 g/mol. The largest absolute Gasteiger partial charge is 0.463 e. The zero-order chi connectivity index (χ0) is 12.5. The minimum Gasteiger partial charge on any atom is -0.463 e. The third kappa shape index (κ3) is 5.87. The molecule has 1 aromatic rings. The summed E-state index contributed by atoms with van der Waals surface area (Å²) in [5, 5.41) is 7.46. The molecule has 0 aliphatic carbocycles. The molecule has 0 radical (unpaired) electrons. The highest BCUT2D eigenvalue weighted by atomic mass is 16.5. The van der Waals surface area contributed by atoms with E-state index in [4.69, 9.17) is 4.74 Å². The first-order valence-corrected chi connectivity index (χ1v) is 5.75. The van der Waals surface area contributed by atoms with Crippen LogP contribution in [-0.4, -0.2) is 35.4 Å². The third-order valence-electron chi connectivity index (χ3n) is 2.13. The maximum atomic E-state index is 11.0. The summed E-state index contributed by atoms with van der Waals surface area (Å²) in [7, 11) is 1.90. The lowest BCUT2D eigenvalue weighted by molar-refractivity contribution is -0.137. The fraction of sp³-hybridized carbons (Fsp3) is 0.500. The van der Waals surface area contributed by atoms with Crippen molar-refractivity contribution in [3.05, 3.63) is 30.1 Å². The van der Waals surface area contributed by atoms with E-state index in [9.17, 15) is 4.79 Å². The van der Waals surface area contributed by atoms with Crippen LogP contribution in [0.25, 0.3) is 0 Å². The van der Waals surface area contributed by atoms with Crippen molar-refractivity contribution in [3.63, 3.8) is 0 Å². The number of ether oxygens (including phenoxy) is 1. The van der Waals surface area contributed by atoms with Crippen molar-refractivity contribution in [2.45, 2.75) is 13.3 Å². The molecule has 0 fully saturated rings. The third-order valence-corrected chi connectivity index (χ3v) is 2.13. The topological polar surface area (TPSA) is 56.1 Å². The number of rotatable bonds is 7. The Labute approximate surface area is 101 Å². The zero-order valence-corrected chi connectivity index (χ0v) is 10.3. The molecule has 5 heteroatoms. The average Bonchev–Trinajstić information content (AvgIpc) is 2.70. The van der Waals surface area contributed by atoms with Crippen molar-refractivity contribution in [1.29, 1.82) is 0 Å². The molecule has 1 heterocycles. The van der Waals surface area contributed by atoms with Crippen molar-refractivity contribution >= 4 is 5.97 Å². The van der Waals surface area contributed by atoms with Crippen LogP contribution >= 0.6 is 0 Å². The molecule has 5 nitrogen and oxygen atoms in total. The molecule has 0 saturated carbocycles. The molecule has 1 N–H and O–H groups in total. The minimum atomic E-state index is -0.293. The van der Waals surface area contributed by atoms with Crippen LogP contribution in [0.15, 0.2) is 24.4 Å². The van der Waals surface area contributed by atoms with Crippen molar-refractivity contribution in [1.82, 2.24) is 15.1 Å². The second kappa shape index (κ2) is 7.62. The SMILES string of the molecule is CCOC(=O)/C=C/CNCCc1ccn(C)n1. The highest BCUT2D eigenvalue weighted by molar-refractivity contribution is 5.81. The van der Waals surface area contributed by atoms with Gasteiger partial charge in [-0.2, -0.15) is 5.10 Å². The Morgan fingerprint density at radius 3 is 3.12 bits per heavy atom. The Hall–Kier alpha value is -1.62. The Bertz CT molecular complexity index is 372. The molecular formula is C12H19N3O2. The molecule has 0 saturated heterocycles. The number of nitrogens with zero attached hydrogens (tertiary/aromatic N) is 2. The molecule has 0 atom stereocenters. The molecule has 0 bridgehead atoms. The van der Waals surface area contributed by atoms with Crippen LogP contribution in [0, 0.1) is 0 Å². The maximum Gasteiger partial charge on any atom is 0.330 e. The Morgan fingerprint density at radius 1 is 1.65 bits per heavy atom. The van der Waals surface area contributed by atoms with Crippen molar-refractivity contribution in [2.75, 3.05) is 19.7 Å². The Morgan fingerprint density at radius 2 is 2.47 bits per heavy atom. The summed E-state index contributed by atoms with van der Waals surface area (Å²) in [6.07, 6.45) is 6.01. The van der Waals surface area contributed by atoms with E-state index in [-0.39, 0.29) is 5.97 Å². The summed E-state index contributed by atoms with van der Waals surface area (Å²) in [4.78, 5) is 11.0. The van der Waals surface area contributed by atoms with Crippen molar-refractivity contribution in [3.8, 4) is 0 Å². The van der Waals surface area contributed by atoms with Crippen LogP contribution < -0.4 is 5.32 Å². The number of carbonyl (C=O) groups excluding carboxylic acids is 1. The Kier molecular flexibility index (Phi) is 6.03. The van der Waals surface area contributed by atoms with Crippen LogP contribution in [0.2, 0.25) is 0 Å². The molecule has 0 aromatic carbocycles. The Balaban J connectivity index is 2.06. The summed E-state index contributed by atoms with van der Waals surface area (Å²) in [5.41, 5.74) is 1.06. The number of carbonyl (C=O) groups is 1. The lowest BCUT2D eigenvalue weighted by Gasteiger charge is -1.99. The lowest BCUT2D eigenvalue weighted by atomic mass is 10.3. The van der Waals surface area contributed by atoms with Gasteiger partial charge in [0.25, 0.3) is 0 Å². The van der Waals surface area contributed by atoms with E-state index < -0.39 is 0 Å². The number of nitrogens with one attached hydrogen (secondary N) is 1. The molecule has 0 unspecified atom stereocenters. The molecule has 1 rings (SSSR count). The predicted molar refractivity (Wildman–Crippen MR) is 65.6 cm³/mol. The van der Waals surface area contributed by atoms with Gasteiger partial charge in [-0.3, -0.25) is 4.68 Å². The lowest BCUT2D eigenvalue weighted by Crippen LogP contribution is -2.17. The first-order chi connectivity index (χ1) is 8.22. The van der Waals surface area contributed by atoms with E-state index in [1.165, 1.54) is 6.08 Å². The highest BCUT2D eigenvalue weighted by Crippen LogP contribution is 1.93. The van der Waals surface area contributed by atoms with E-state index in [0.717, 1.165) is 18.7 Å². The van der Waals surface area contributed by atoms with Gasteiger partial charge in [0.2, 0.25) is 0 Å². The van der Waals surface area contributed by atoms with Crippen LogP contribution in [-0.2, 0) is 23.0 Å². The van der Waals surface area contributed by atoms with Crippen LogP contribution in [0.1, 0.15) is 12.6 Å². The monoisotopic (exact) mass is 237 g/mol. The minimum absolute atomic E-state index is 0.293. The normalized spacial score (nSPS) is 10.9. The van der Waals surface area contributed by atoms with Crippen molar-refractivity contribution < 1.29 is 9.53 Å². The molecule has 0 amide bonds. The summed E-state index contributed by atoms with van der Waals surface area (Å²) >= 11 is 0. The van der Waals surface area contributed by atoms with Gasteiger partial charge in [-0.05, 0) is 13.0 Å². The van der Waals surface area contributed by atoms with Crippen LogP contribution in [0.4, 0.5) is 0 Å². The number of hydrogen-bond acceptors (Lipinski definition) is 4. The van der Waals surface area contributed by atoms with Crippen LogP contribution in [0.3, 0.4) is 0 Å². The number of aryl methyl sites for hydroxylation is 1. The quantitative estimate of drug-likeness (QED) is 0.430. The first-order valence-electron chi connectivity index (χ1n) is 5.75. The predicted octanol–water partition coefficient (Wildman–Crippen LogP) is 0.671. The van der Waals surface area contributed by atoms with Gasteiger partial charge in [-0.25, -0.2) is 4.79 Å². The van der Waals surface area contributed by atoms with Gasteiger partial charge in [0, 0.05) is 38.8 Å². The fourth-order valence-corrected chi connectivity index (χ4v) is 1.34. The van der Waals surface area contributed by atoms with Gasteiger partial charge in [-0.15, -0.1) is 0 Å². The highest BCUT2D eigenvalue weighted by Gasteiger charge is 1.95. The van der Waals surface area contributed by atoms with E-state index in [2.05, 4.69) is 10.4 Å². The molecule has 1 aromatic heterocycles. The smallest absolute Gasteiger partial charge is 0.330 e. The molecule has 17 heavy (non-hydrogen) atoms. The van der Waals surface area contributed by atoms with E-state index in [1.54, 1.807) is 17.7 Å². The second-order valence-electron chi connectivity index (χ2n) is 3.59. The van der Waals surface area contributed by atoms with Gasteiger partial charge in [0.05, 0.1) is 12.3 Å². The number of aromatic nitrogens is 2. The molecule has 0 aliphatic rings. The second-order valence-corrected chi connectivity index (χ2v) is 3.59. The van der Waals surface area contributed by atoms with Gasteiger partial charge in [-0.1, -0.05) is 6.08 Å². The summed E-state index contributed by atoms with van der Waals surface area (Å²) in [6.45, 7) is 3.70. The van der Waals surface area contributed by atoms with E-state index in [1.807, 2.05) is 19.3 Å². The molecule has 94 valence electrons. The van der Waals surface area contributed by atoms with Gasteiger partial charge < -0.3 is 10.1 Å². The van der Waals surface area contributed by atoms with E-state index >= 15 is 0 Å².